The fourth-order valence-corrected chi connectivity index (χ4v) is 4.08. The number of hydrogen-bond acceptors (Lipinski definition) is 4. The van der Waals surface area contributed by atoms with Gasteiger partial charge in [-0.05, 0) is 51.9 Å². The summed E-state index contributed by atoms with van der Waals surface area (Å²) in [5.41, 5.74) is 4.16. The third kappa shape index (κ3) is 5.21. The van der Waals surface area contributed by atoms with Crippen molar-refractivity contribution in [1.29, 1.82) is 0 Å². The molecule has 3 amide bonds. The molecule has 0 fully saturated rings. The van der Waals surface area contributed by atoms with Gasteiger partial charge in [-0.25, -0.2) is 5.43 Å². The summed E-state index contributed by atoms with van der Waals surface area (Å²) in [6, 6.07) is 33.3. The lowest BCUT2D eigenvalue weighted by Gasteiger charge is -2.11. The second-order valence-corrected chi connectivity index (χ2v) is 8.25. The molecule has 0 aliphatic rings. The molecule has 0 saturated heterocycles. The average Bonchev–Trinajstić information content (AvgIpc) is 2.93. The van der Waals surface area contributed by atoms with Gasteiger partial charge in [-0.2, -0.15) is 5.10 Å². The first-order valence-electron chi connectivity index (χ1n) is 11.6. The van der Waals surface area contributed by atoms with Gasteiger partial charge in [0.25, 0.3) is 5.91 Å². The molecule has 0 unspecified atom stereocenters. The van der Waals surface area contributed by atoms with Crippen molar-refractivity contribution in [2.45, 2.75) is 0 Å². The highest BCUT2D eigenvalue weighted by atomic mass is 16.2. The number of nitrogens with zero attached hydrogens (tertiary/aromatic N) is 1. The maximum absolute atomic E-state index is 12.7. The summed E-state index contributed by atoms with van der Waals surface area (Å²) in [7, 11) is 0. The first kappa shape index (κ1) is 23.4. The minimum absolute atomic E-state index is 0.208. The van der Waals surface area contributed by atoms with E-state index < -0.39 is 17.7 Å². The summed E-state index contributed by atoms with van der Waals surface area (Å²) in [4.78, 5) is 37.8. The Kier molecular flexibility index (Phi) is 6.67. The van der Waals surface area contributed by atoms with Crippen LogP contribution in [0.2, 0.25) is 0 Å². The van der Waals surface area contributed by atoms with Crippen molar-refractivity contribution < 1.29 is 14.4 Å². The molecule has 0 radical (unpaired) electrons. The second-order valence-electron chi connectivity index (χ2n) is 8.25. The van der Waals surface area contributed by atoms with Crippen LogP contribution in [0.25, 0.3) is 21.5 Å². The molecule has 0 bridgehead atoms. The van der Waals surface area contributed by atoms with E-state index in [-0.39, 0.29) is 11.3 Å². The number of rotatable bonds is 5. The second kappa shape index (κ2) is 10.5. The number of fused-ring (bicyclic) bond motifs is 2. The number of para-hydroxylation sites is 2. The van der Waals surface area contributed by atoms with Crippen LogP contribution in [0.5, 0.6) is 0 Å². The molecule has 5 rings (SSSR count). The maximum atomic E-state index is 12.7. The van der Waals surface area contributed by atoms with Crippen molar-refractivity contribution in [1.82, 2.24) is 5.43 Å². The van der Waals surface area contributed by atoms with E-state index in [1.807, 2.05) is 54.6 Å². The lowest BCUT2D eigenvalue weighted by atomic mass is 9.97. The third-order valence-corrected chi connectivity index (χ3v) is 5.83. The Morgan fingerprint density at radius 3 is 1.92 bits per heavy atom. The fourth-order valence-electron chi connectivity index (χ4n) is 4.08. The van der Waals surface area contributed by atoms with Gasteiger partial charge in [0.15, 0.2) is 0 Å². The van der Waals surface area contributed by atoms with E-state index in [9.17, 15) is 14.4 Å². The lowest BCUT2D eigenvalue weighted by molar-refractivity contribution is -0.136. The SMILES string of the molecule is O=C(N/N=C\c1c2ccccc2cc2ccccc12)C(=O)Nc1ccccc1C(=O)Nc1ccccc1. The number of anilines is 2. The van der Waals surface area contributed by atoms with Gasteiger partial charge in [0.05, 0.1) is 17.5 Å². The van der Waals surface area contributed by atoms with Crippen LogP contribution in [0.1, 0.15) is 15.9 Å². The molecule has 0 aromatic heterocycles. The Balaban J connectivity index is 1.31. The van der Waals surface area contributed by atoms with Crippen LogP contribution in [-0.4, -0.2) is 23.9 Å². The fraction of sp³-hybridized carbons (Fsp3) is 0. The number of benzene rings is 5. The molecule has 5 aromatic rings. The van der Waals surface area contributed by atoms with E-state index in [4.69, 9.17) is 0 Å². The average molecular weight is 487 g/mol. The summed E-state index contributed by atoms with van der Waals surface area (Å²) >= 11 is 0. The van der Waals surface area contributed by atoms with E-state index in [1.54, 1.807) is 48.5 Å². The van der Waals surface area contributed by atoms with Crippen molar-refractivity contribution in [3.63, 3.8) is 0 Å². The Morgan fingerprint density at radius 1 is 0.622 bits per heavy atom. The van der Waals surface area contributed by atoms with Crippen molar-refractivity contribution >= 4 is 56.9 Å². The standard InChI is InChI=1S/C30H22N4O3/c35-28(32-22-12-2-1-3-13-22)25-16-8-9-17-27(25)33-29(36)30(37)34-31-19-26-23-14-6-4-10-20(23)18-21-11-5-7-15-24(21)26/h1-19H,(H,32,35)(H,33,36)(H,34,37)/b31-19-. The predicted molar refractivity (Wildman–Crippen MR) is 147 cm³/mol. The van der Waals surface area contributed by atoms with Crippen molar-refractivity contribution in [2.24, 2.45) is 5.10 Å². The van der Waals surface area contributed by atoms with Crippen molar-refractivity contribution in [3.05, 3.63) is 120 Å². The minimum atomic E-state index is -0.959. The van der Waals surface area contributed by atoms with Gasteiger partial charge in [-0.3, -0.25) is 14.4 Å². The molecule has 0 heterocycles. The molecule has 7 heteroatoms. The summed E-state index contributed by atoms with van der Waals surface area (Å²) in [6.07, 6.45) is 1.54. The van der Waals surface area contributed by atoms with Gasteiger partial charge in [-0.15, -0.1) is 0 Å². The number of hydrazone groups is 1. The van der Waals surface area contributed by atoms with Crippen LogP contribution in [0.15, 0.2) is 114 Å². The molecular formula is C30H22N4O3. The van der Waals surface area contributed by atoms with E-state index in [0.717, 1.165) is 27.1 Å². The zero-order valence-electron chi connectivity index (χ0n) is 19.6. The van der Waals surface area contributed by atoms with Gasteiger partial charge in [0.2, 0.25) is 0 Å². The summed E-state index contributed by atoms with van der Waals surface area (Å²) in [6.45, 7) is 0. The molecule has 180 valence electrons. The molecule has 0 aliphatic heterocycles. The Hall–Kier alpha value is -5.30. The van der Waals surface area contributed by atoms with Crippen LogP contribution < -0.4 is 16.1 Å². The molecule has 3 N–H and O–H groups in total. The highest BCUT2D eigenvalue weighted by Gasteiger charge is 2.18. The summed E-state index contributed by atoms with van der Waals surface area (Å²) in [5.74, 6) is -2.32. The predicted octanol–water partition coefficient (Wildman–Crippen LogP) is 5.33. The number of hydrogen-bond donors (Lipinski definition) is 3. The van der Waals surface area contributed by atoms with E-state index in [1.165, 1.54) is 6.21 Å². The maximum Gasteiger partial charge on any atom is 0.329 e. The molecule has 37 heavy (non-hydrogen) atoms. The molecular weight excluding hydrogens is 464 g/mol. The lowest BCUT2D eigenvalue weighted by Crippen LogP contribution is -2.33. The van der Waals surface area contributed by atoms with E-state index in [2.05, 4.69) is 27.2 Å². The van der Waals surface area contributed by atoms with Crippen LogP contribution in [0.3, 0.4) is 0 Å². The zero-order valence-corrected chi connectivity index (χ0v) is 19.6. The number of carbonyl (C=O) groups excluding carboxylic acids is 3. The first-order chi connectivity index (χ1) is 18.1. The largest absolute Gasteiger partial charge is 0.329 e. The third-order valence-electron chi connectivity index (χ3n) is 5.83. The quantitative estimate of drug-likeness (QED) is 0.135. The van der Waals surface area contributed by atoms with Gasteiger partial charge >= 0.3 is 11.8 Å². The molecule has 5 aromatic carbocycles. The van der Waals surface area contributed by atoms with Gasteiger partial charge in [0.1, 0.15) is 0 Å². The van der Waals surface area contributed by atoms with Gasteiger partial charge in [0, 0.05) is 11.3 Å². The Bertz CT molecular complexity index is 1610. The summed E-state index contributed by atoms with van der Waals surface area (Å²) < 4.78 is 0. The summed E-state index contributed by atoms with van der Waals surface area (Å²) in [5, 5.41) is 13.3. The van der Waals surface area contributed by atoms with Crippen molar-refractivity contribution in [3.8, 4) is 0 Å². The number of amides is 3. The number of nitrogens with one attached hydrogen (secondary N) is 3. The van der Waals surface area contributed by atoms with Crippen LogP contribution in [0.4, 0.5) is 11.4 Å². The monoisotopic (exact) mass is 486 g/mol. The molecule has 0 saturated carbocycles. The van der Waals surface area contributed by atoms with Gasteiger partial charge in [-0.1, -0.05) is 78.9 Å². The Labute approximate surface area is 212 Å². The van der Waals surface area contributed by atoms with E-state index >= 15 is 0 Å². The minimum Gasteiger partial charge on any atom is -0.322 e. The number of carbonyl (C=O) groups is 3. The first-order valence-corrected chi connectivity index (χ1v) is 11.6. The Morgan fingerprint density at radius 2 is 1.22 bits per heavy atom. The molecule has 0 aliphatic carbocycles. The van der Waals surface area contributed by atoms with E-state index in [0.29, 0.717) is 5.69 Å². The molecule has 0 atom stereocenters. The zero-order chi connectivity index (χ0) is 25.6. The van der Waals surface area contributed by atoms with Crippen molar-refractivity contribution in [2.75, 3.05) is 10.6 Å². The van der Waals surface area contributed by atoms with Crippen LogP contribution in [-0.2, 0) is 9.59 Å². The highest BCUT2D eigenvalue weighted by Crippen LogP contribution is 2.27. The normalized spacial score (nSPS) is 10.9. The van der Waals surface area contributed by atoms with Crippen LogP contribution in [0, 0.1) is 0 Å². The smallest absolute Gasteiger partial charge is 0.322 e. The topological polar surface area (TPSA) is 99.7 Å². The van der Waals surface area contributed by atoms with Crippen LogP contribution >= 0.6 is 0 Å². The molecule has 0 spiro atoms. The molecule has 7 nitrogen and oxygen atoms in total. The highest BCUT2D eigenvalue weighted by molar-refractivity contribution is 6.40. The van der Waals surface area contributed by atoms with Gasteiger partial charge < -0.3 is 10.6 Å².